The van der Waals surface area contributed by atoms with Crippen LogP contribution in [0.25, 0.3) is 0 Å². The maximum atomic E-state index is 13.0. The number of methoxy groups -OCH3 is 1. The van der Waals surface area contributed by atoms with E-state index < -0.39 is 17.7 Å². The van der Waals surface area contributed by atoms with Crippen molar-refractivity contribution in [2.75, 3.05) is 13.7 Å². The molecule has 0 amide bonds. The standard InChI is InChI=1S/C15H14F2O3/c1-19-15-5-3-2-4-13(15)14(18)9-20-12-7-10(16)6-11(17)8-12/h2-8,14,18H,9H2,1H3. The van der Waals surface area contributed by atoms with Gasteiger partial charge in [0.05, 0.1) is 7.11 Å². The molecular formula is C15H14F2O3. The highest BCUT2D eigenvalue weighted by atomic mass is 19.1. The van der Waals surface area contributed by atoms with E-state index in [9.17, 15) is 13.9 Å². The average molecular weight is 280 g/mol. The second kappa shape index (κ2) is 6.34. The van der Waals surface area contributed by atoms with Gasteiger partial charge in [0.25, 0.3) is 0 Å². The predicted molar refractivity (Wildman–Crippen MR) is 69.8 cm³/mol. The Balaban J connectivity index is 2.06. The zero-order chi connectivity index (χ0) is 14.5. The summed E-state index contributed by atoms with van der Waals surface area (Å²) in [4.78, 5) is 0. The van der Waals surface area contributed by atoms with Gasteiger partial charge in [0.1, 0.15) is 35.8 Å². The summed E-state index contributed by atoms with van der Waals surface area (Å²) in [6, 6.07) is 9.79. The van der Waals surface area contributed by atoms with Gasteiger partial charge in [-0.25, -0.2) is 8.78 Å². The Kier molecular flexibility index (Phi) is 4.53. The molecule has 2 aromatic carbocycles. The van der Waals surface area contributed by atoms with Crippen LogP contribution in [0.2, 0.25) is 0 Å². The summed E-state index contributed by atoms with van der Waals surface area (Å²) in [5.41, 5.74) is 0.548. The molecule has 0 heterocycles. The molecule has 3 nitrogen and oxygen atoms in total. The molecule has 1 N–H and O–H groups in total. The Morgan fingerprint density at radius 2 is 1.75 bits per heavy atom. The van der Waals surface area contributed by atoms with E-state index in [1.165, 1.54) is 7.11 Å². The fourth-order valence-electron chi connectivity index (χ4n) is 1.82. The van der Waals surface area contributed by atoms with Crippen molar-refractivity contribution < 1.29 is 23.4 Å². The van der Waals surface area contributed by atoms with Gasteiger partial charge >= 0.3 is 0 Å². The van der Waals surface area contributed by atoms with E-state index in [2.05, 4.69) is 0 Å². The molecule has 2 aromatic rings. The smallest absolute Gasteiger partial charge is 0.129 e. The van der Waals surface area contributed by atoms with E-state index in [0.717, 1.165) is 18.2 Å². The monoisotopic (exact) mass is 280 g/mol. The minimum Gasteiger partial charge on any atom is -0.496 e. The zero-order valence-electron chi connectivity index (χ0n) is 10.8. The largest absolute Gasteiger partial charge is 0.496 e. The van der Waals surface area contributed by atoms with Gasteiger partial charge in [-0.1, -0.05) is 18.2 Å². The predicted octanol–water partition coefficient (Wildman–Crippen LogP) is 3.09. The van der Waals surface area contributed by atoms with E-state index in [1.807, 2.05) is 0 Å². The summed E-state index contributed by atoms with van der Waals surface area (Å²) in [6.07, 6.45) is -0.961. The molecule has 1 atom stereocenters. The zero-order valence-corrected chi connectivity index (χ0v) is 10.8. The number of hydrogen-bond donors (Lipinski definition) is 1. The lowest BCUT2D eigenvalue weighted by Crippen LogP contribution is -2.11. The van der Waals surface area contributed by atoms with E-state index in [1.54, 1.807) is 24.3 Å². The highest BCUT2D eigenvalue weighted by Crippen LogP contribution is 2.25. The molecule has 20 heavy (non-hydrogen) atoms. The summed E-state index contributed by atoms with van der Waals surface area (Å²) in [5, 5.41) is 10.0. The van der Waals surface area contributed by atoms with Gasteiger partial charge in [0, 0.05) is 23.8 Å². The molecule has 5 heteroatoms. The van der Waals surface area contributed by atoms with Crippen molar-refractivity contribution >= 4 is 0 Å². The van der Waals surface area contributed by atoms with Gasteiger partial charge in [0.15, 0.2) is 0 Å². The Morgan fingerprint density at radius 3 is 2.40 bits per heavy atom. The molecule has 0 aromatic heterocycles. The van der Waals surface area contributed by atoms with Gasteiger partial charge in [0.2, 0.25) is 0 Å². The minimum atomic E-state index is -0.961. The van der Waals surface area contributed by atoms with Crippen LogP contribution in [0, 0.1) is 11.6 Å². The van der Waals surface area contributed by atoms with E-state index in [4.69, 9.17) is 9.47 Å². The lowest BCUT2D eigenvalue weighted by Gasteiger charge is -2.15. The summed E-state index contributed by atoms with van der Waals surface area (Å²) >= 11 is 0. The number of benzene rings is 2. The van der Waals surface area contributed by atoms with Crippen molar-refractivity contribution in [1.29, 1.82) is 0 Å². The first-order valence-electron chi connectivity index (χ1n) is 6.00. The molecule has 0 aliphatic heterocycles. The van der Waals surface area contributed by atoms with Gasteiger partial charge in [-0.3, -0.25) is 0 Å². The van der Waals surface area contributed by atoms with Crippen LogP contribution in [0.1, 0.15) is 11.7 Å². The molecule has 0 fully saturated rings. The summed E-state index contributed by atoms with van der Waals surface area (Å²) in [5.74, 6) is -0.913. The van der Waals surface area contributed by atoms with Crippen molar-refractivity contribution in [3.05, 3.63) is 59.7 Å². The Bertz CT molecular complexity index is 567. The van der Waals surface area contributed by atoms with Crippen molar-refractivity contribution in [3.8, 4) is 11.5 Å². The summed E-state index contributed by atoms with van der Waals surface area (Å²) < 4.78 is 36.3. The number of hydrogen-bond acceptors (Lipinski definition) is 3. The first-order valence-corrected chi connectivity index (χ1v) is 6.00. The highest BCUT2D eigenvalue weighted by Gasteiger charge is 2.14. The third-order valence-corrected chi connectivity index (χ3v) is 2.74. The number of halogens is 2. The molecule has 0 radical (unpaired) electrons. The van der Waals surface area contributed by atoms with E-state index >= 15 is 0 Å². The van der Waals surface area contributed by atoms with Crippen LogP contribution in [0.4, 0.5) is 8.78 Å². The molecule has 0 aliphatic rings. The lowest BCUT2D eigenvalue weighted by molar-refractivity contribution is 0.105. The Morgan fingerprint density at radius 1 is 1.10 bits per heavy atom. The molecule has 0 saturated heterocycles. The molecule has 0 bridgehead atoms. The van der Waals surface area contributed by atoms with Gasteiger partial charge in [-0.05, 0) is 6.07 Å². The van der Waals surface area contributed by atoms with Crippen molar-refractivity contribution in [3.63, 3.8) is 0 Å². The topological polar surface area (TPSA) is 38.7 Å². The first-order chi connectivity index (χ1) is 9.60. The van der Waals surface area contributed by atoms with Crippen molar-refractivity contribution in [1.82, 2.24) is 0 Å². The summed E-state index contributed by atoms with van der Waals surface area (Å²) in [7, 11) is 1.49. The van der Waals surface area contributed by atoms with Crippen molar-refractivity contribution in [2.45, 2.75) is 6.10 Å². The maximum Gasteiger partial charge on any atom is 0.129 e. The molecule has 1 unspecified atom stereocenters. The van der Waals surface area contributed by atoms with Crippen LogP contribution < -0.4 is 9.47 Å². The molecule has 0 aliphatic carbocycles. The van der Waals surface area contributed by atoms with Gasteiger partial charge in [-0.15, -0.1) is 0 Å². The van der Waals surface area contributed by atoms with Crippen LogP contribution in [0.15, 0.2) is 42.5 Å². The van der Waals surface area contributed by atoms with Crippen LogP contribution >= 0.6 is 0 Å². The average Bonchev–Trinajstić information content (AvgIpc) is 2.43. The van der Waals surface area contributed by atoms with E-state index in [-0.39, 0.29) is 12.4 Å². The Hall–Kier alpha value is -2.14. The minimum absolute atomic E-state index is 0.0245. The third-order valence-electron chi connectivity index (χ3n) is 2.74. The maximum absolute atomic E-state index is 13.0. The number of ether oxygens (including phenoxy) is 2. The number of rotatable bonds is 5. The van der Waals surface area contributed by atoms with Crippen LogP contribution in [-0.2, 0) is 0 Å². The SMILES string of the molecule is COc1ccccc1C(O)COc1cc(F)cc(F)c1. The number of aliphatic hydroxyl groups is 1. The second-order valence-corrected chi connectivity index (χ2v) is 4.17. The summed E-state index contributed by atoms with van der Waals surface area (Å²) in [6.45, 7) is -0.136. The third kappa shape index (κ3) is 3.45. The molecule has 106 valence electrons. The Labute approximate surface area is 115 Å². The van der Waals surface area contributed by atoms with Gasteiger partial charge in [-0.2, -0.15) is 0 Å². The highest BCUT2D eigenvalue weighted by molar-refractivity contribution is 5.35. The number of para-hydroxylation sites is 1. The first kappa shape index (κ1) is 14.3. The molecular weight excluding hydrogens is 266 g/mol. The fraction of sp³-hybridized carbons (Fsp3) is 0.200. The quantitative estimate of drug-likeness (QED) is 0.914. The fourth-order valence-corrected chi connectivity index (χ4v) is 1.82. The normalized spacial score (nSPS) is 12.0. The molecule has 0 spiro atoms. The lowest BCUT2D eigenvalue weighted by atomic mass is 10.1. The molecule has 0 saturated carbocycles. The number of aliphatic hydroxyl groups excluding tert-OH is 1. The van der Waals surface area contributed by atoms with Crippen LogP contribution in [0.5, 0.6) is 11.5 Å². The second-order valence-electron chi connectivity index (χ2n) is 4.17. The van der Waals surface area contributed by atoms with E-state index in [0.29, 0.717) is 11.3 Å². The van der Waals surface area contributed by atoms with Crippen LogP contribution in [0.3, 0.4) is 0 Å². The molecule has 2 rings (SSSR count). The van der Waals surface area contributed by atoms with Gasteiger partial charge < -0.3 is 14.6 Å². The van der Waals surface area contributed by atoms with Crippen LogP contribution in [-0.4, -0.2) is 18.8 Å². The van der Waals surface area contributed by atoms with Crippen molar-refractivity contribution in [2.24, 2.45) is 0 Å².